The highest BCUT2D eigenvalue weighted by Crippen LogP contribution is 2.30. The second-order valence-corrected chi connectivity index (χ2v) is 3.44. The summed E-state index contributed by atoms with van der Waals surface area (Å²) in [5.74, 6) is 0. The second-order valence-electron chi connectivity index (χ2n) is 1.83. The molecular weight excluding hydrogens is 249 g/mol. The Bertz CT molecular complexity index is 330. The van der Waals surface area contributed by atoms with Crippen LogP contribution in [0.4, 0.5) is 0 Å². The fraction of sp³-hybridized carbons (Fsp3) is 0. The number of hydrogen-bond donors (Lipinski definition) is 0. The van der Waals surface area contributed by atoms with E-state index in [9.17, 15) is 0 Å². The topological polar surface area (TPSA) is 23.8 Å². The minimum atomic E-state index is 0.374. The summed E-state index contributed by atoms with van der Waals surface area (Å²) in [6.07, 6.45) is 0. The number of halogens is 3. The molecule has 1 aromatic carbocycles. The van der Waals surface area contributed by atoms with E-state index >= 15 is 0 Å². The number of benzene rings is 1. The van der Waals surface area contributed by atoms with Gasteiger partial charge in [0.25, 0.3) is 0 Å². The number of hydrogen-bond acceptors (Lipinski definition) is 1. The Morgan fingerprint density at radius 1 is 1.27 bits per heavy atom. The maximum absolute atomic E-state index is 8.60. The van der Waals surface area contributed by atoms with E-state index < -0.39 is 0 Å². The molecule has 0 saturated heterocycles. The van der Waals surface area contributed by atoms with E-state index in [1.54, 1.807) is 12.1 Å². The van der Waals surface area contributed by atoms with Crippen molar-refractivity contribution in [2.45, 2.75) is 0 Å². The lowest BCUT2D eigenvalue weighted by atomic mass is 10.2. The maximum Gasteiger partial charge on any atom is 0.102 e. The minimum absolute atomic E-state index is 0.374. The van der Waals surface area contributed by atoms with Gasteiger partial charge < -0.3 is 0 Å². The zero-order chi connectivity index (χ0) is 8.43. The predicted molar refractivity (Wildman–Crippen MR) is 48.9 cm³/mol. The Balaban J connectivity index is 3.44. The van der Waals surface area contributed by atoms with Crippen molar-refractivity contribution in [1.82, 2.24) is 0 Å². The Hall–Kier alpha value is -0.230. The Morgan fingerprint density at radius 3 is 2.27 bits per heavy atom. The lowest BCUT2D eigenvalue weighted by Crippen LogP contribution is -1.79. The zero-order valence-electron chi connectivity index (χ0n) is 5.24. The standard InChI is InChI=1S/C7H2BrCl2N/c8-7-4(3-11)5(9)1-2-6(7)10/h1-2H. The van der Waals surface area contributed by atoms with E-state index in [2.05, 4.69) is 15.9 Å². The highest BCUT2D eigenvalue weighted by molar-refractivity contribution is 9.10. The van der Waals surface area contributed by atoms with Crippen LogP contribution in [0.5, 0.6) is 0 Å². The molecule has 0 amide bonds. The minimum Gasteiger partial charge on any atom is -0.192 e. The summed E-state index contributed by atoms with van der Waals surface area (Å²) in [5, 5.41) is 9.50. The average molecular weight is 251 g/mol. The Morgan fingerprint density at radius 2 is 1.82 bits per heavy atom. The summed E-state index contributed by atoms with van der Waals surface area (Å²) >= 11 is 14.6. The Kier molecular flexibility index (Phi) is 2.78. The molecule has 0 aliphatic heterocycles. The molecule has 0 aromatic heterocycles. The SMILES string of the molecule is N#Cc1c(Cl)ccc(Cl)c1Br. The summed E-state index contributed by atoms with van der Waals surface area (Å²) in [4.78, 5) is 0. The summed E-state index contributed by atoms with van der Waals surface area (Å²) < 4.78 is 0.550. The first-order valence-corrected chi connectivity index (χ1v) is 4.25. The smallest absolute Gasteiger partial charge is 0.102 e. The molecule has 11 heavy (non-hydrogen) atoms. The first kappa shape index (κ1) is 8.86. The summed E-state index contributed by atoms with van der Waals surface area (Å²) in [5.41, 5.74) is 0.374. The number of rotatable bonds is 0. The second kappa shape index (κ2) is 3.44. The van der Waals surface area contributed by atoms with Gasteiger partial charge in [-0.3, -0.25) is 0 Å². The van der Waals surface area contributed by atoms with E-state index in [-0.39, 0.29) is 0 Å². The van der Waals surface area contributed by atoms with Crippen molar-refractivity contribution in [2.24, 2.45) is 0 Å². The van der Waals surface area contributed by atoms with E-state index in [4.69, 9.17) is 28.5 Å². The van der Waals surface area contributed by atoms with E-state index in [1.165, 1.54) is 0 Å². The van der Waals surface area contributed by atoms with Gasteiger partial charge in [0.15, 0.2) is 0 Å². The van der Waals surface area contributed by atoms with E-state index in [1.807, 2.05) is 6.07 Å². The van der Waals surface area contributed by atoms with Crippen LogP contribution in [0.25, 0.3) is 0 Å². The highest BCUT2D eigenvalue weighted by atomic mass is 79.9. The average Bonchev–Trinajstić information content (AvgIpc) is 1.99. The molecular formula is C7H2BrCl2N. The van der Waals surface area contributed by atoms with Crippen LogP contribution in [0.15, 0.2) is 16.6 Å². The zero-order valence-corrected chi connectivity index (χ0v) is 8.33. The molecule has 0 N–H and O–H groups in total. The van der Waals surface area contributed by atoms with Crippen LogP contribution >= 0.6 is 39.1 Å². The van der Waals surface area contributed by atoms with Crippen LogP contribution in [0.2, 0.25) is 10.0 Å². The van der Waals surface area contributed by atoms with Crippen molar-refractivity contribution >= 4 is 39.1 Å². The van der Waals surface area contributed by atoms with Gasteiger partial charge >= 0.3 is 0 Å². The van der Waals surface area contributed by atoms with Crippen LogP contribution < -0.4 is 0 Å². The molecule has 0 aliphatic rings. The van der Waals surface area contributed by atoms with E-state index in [0.717, 1.165) is 0 Å². The lowest BCUT2D eigenvalue weighted by molar-refractivity contribution is 1.47. The van der Waals surface area contributed by atoms with Gasteiger partial charge in [0.2, 0.25) is 0 Å². The third kappa shape index (κ3) is 1.67. The molecule has 1 rings (SSSR count). The third-order valence-electron chi connectivity index (χ3n) is 1.16. The van der Waals surface area contributed by atoms with Crippen molar-refractivity contribution in [3.05, 3.63) is 32.2 Å². The van der Waals surface area contributed by atoms with Crippen LogP contribution in [0.3, 0.4) is 0 Å². The molecule has 1 nitrogen and oxygen atoms in total. The van der Waals surface area contributed by atoms with Gasteiger partial charge in [0.05, 0.1) is 20.1 Å². The molecule has 0 unspecified atom stereocenters. The fourth-order valence-corrected chi connectivity index (χ4v) is 1.54. The van der Waals surface area contributed by atoms with Crippen molar-refractivity contribution in [3.63, 3.8) is 0 Å². The van der Waals surface area contributed by atoms with Crippen molar-refractivity contribution in [1.29, 1.82) is 5.26 Å². The van der Waals surface area contributed by atoms with Crippen LogP contribution in [0, 0.1) is 11.3 Å². The van der Waals surface area contributed by atoms with E-state index in [0.29, 0.717) is 20.1 Å². The van der Waals surface area contributed by atoms with Gasteiger partial charge in [-0.25, -0.2) is 0 Å². The molecule has 56 valence electrons. The van der Waals surface area contributed by atoms with Crippen molar-refractivity contribution < 1.29 is 0 Å². The van der Waals surface area contributed by atoms with Crippen LogP contribution in [-0.4, -0.2) is 0 Å². The molecule has 1 aromatic rings. The van der Waals surface area contributed by atoms with Gasteiger partial charge in [-0.2, -0.15) is 5.26 Å². The van der Waals surface area contributed by atoms with Crippen LogP contribution in [-0.2, 0) is 0 Å². The fourth-order valence-electron chi connectivity index (χ4n) is 0.630. The van der Waals surface area contributed by atoms with Crippen molar-refractivity contribution in [3.8, 4) is 6.07 Å². The largest absolute Gasteiger partial charge is 0.192 e. The normalized spacial score (nSPS) is 9.27. The molecule has 0 bridgehead atoms. The van der Waals surface area contributed by atoms with Crippen molar-refractivity contribution in [2.75, 3.05) is 0 Å². The molecule has 4 heteroatoms. The summed E-state index contributed by atoms with van der Waals surface area (Å²) in [7, 11) is 0. The maximum atomic E-state index is 8.60. The number of nitrogens with zero attached hydrogens (tertiary/aromatic N) is 1. The quantitative estimate of drug-likeness (QED) is 0.646. The highest BCUT2D eigenvalue weighted by Gasteiger charge is 2.07. The van der Waals surface area contributed by atoms with Gasteiger partial charge in [-0.1, -0.05) is 23.2 Å². The molecule has 0 fully saturated rings. The Labute approximate surface area is 82.7 Å². The molecule has 0 aliphatic carbocycles. The first-order chi connectivity index (χ1) is 5.16. The van der Waals surface area contributed by atoms with Crippen LogP contribution in [0.1, 0.15) is 5.56 Å². The van der Waals surface area contributed by atoms with Gasteiger partial charge in [0, 0.05) is 0 Å². The first-order valence-electron chi connectivity index (χ1n) is 2.70. The van der Waals surface area contributed by atoms with Gasteiger partial charge in [0.1, 0.15) is 6.07 Å². The molecule has 0 heterocycles. The van der Waals surface area contributed by atoms with Gasteiger partial charge in [-0.15, -0.1) is 0 Å². The summed E-state index contributed by atoms with van der Waals surface area (Å²) in [6, 6.07) is 5.17. The third-order valence-corrected chi connectivity index (χ3v) is 2.84. The lowest BCUT2D eigenvalue weighted by Gasteiger charge is -1.98. The summed E-state index contributed by atoms with van der Waals surface area (Å²) in [6.45, 7) is 0. The monoisotopic (exact) mass is 249 g/mol. The number of nitriles is 1. The predicted octanol–water partition coefficient (Wildman–Crippen LogP) is 3.63. The molecule has 0 atom stereocenters. The molecule has 0 saturated carbocycles. The van der Waals surface area contributed by atoms with Gasteiger partial charge in [-0.05, 0) is 28.1 Å². The molecule has 0 spiro atoms. The molecule has 0 radical (unpaired) electrons.